The van der Waals surface area contributed by atoms with Gasteiger partial charge in [-0.05, 0) is 49.4 Å². The molecule has 1 N–H and O–H groups in total. The van der Waals surface area contributed by atoms with E-state index in [9.17, 15) is 9.59 Å². The van der Waals surface area contributed by atoms with Crippen LogP contribution < -0.4 is 5.32 Å². The number of piperidine rings is 1. The van der Waals surface area contributed by atoms with Crippen molar-refractivity contribution < 1.29 is 9.59 Å². The Labute approximate surface area is 182 Å². The third kappa shape index (κ3) is 5.17. The summed E-state index contributed by atoms with van der Waals surface area (Å²) in [7, 11) is 0. The predicted molar refractivity (Wildman–Crippen MR) is 118 cm³/mol. The summed E-state index contributed by atoms with van der Waals surface area (Å²) in [5, 5.41) is 7.15. The molecule has 160 valence electrons. The number of hydrogen-bond donors (Lipinski definition) is 1. The van der Waals surface area contributed by atoms with E-state index >= 15 is 0 Å². The van der Waals surface area contributed by atoms with Crippen LogP contribution in [-0.4, -0.2) is 50.6 Å². The molecule has 7 nitrogen and oxygen atoms in total. The van der Waals surface area contributed by atoms with Gasteiger partial charge in [-0.2, -0.15) is 5.10 Å². The first-order valence-corrected chi connectivity index (χ1v) is 10.8. The van der Waals surface area contributed by atoms with Gasteiger partial charge in [0.05, 0.1) is 6.54 Å². The highest BCUT2D eigenvalue weighted by Crippen LogP contribution is 2.23. The number of carbonyl (C=O) groups is 2. The first-order chi connectivity index (χ1) is 15.2. The van der Waals surface area contributed by atoms with Crippen molar-refractivity contribution in [3.63, 3.8) is 0 Å². The lowest BCUT2D eigenvalue weighted by molar-refractivity contribution is 0.0600. The normalized spacial score (nSPS) is 16.1. The fraction of sp³-hybridized carbons (Fsp3) is 0.333. The summed E-state index contributed by atoms with van der Waals surface area (Å²) in [6.07, 6.45) is 6.95. The van der Waals surface area contributed by atoms with Crippen LogP contribution in [0.15, 0.2) is 67.3 Å². The topological polar surface area (TPSA) is 80.1 Å². The molecule has 4 rings (SSSR count). The highest BCUT2D eigenvalue weighted by atomic mass is 16.2. The number of rotatable bonds is 7. The molecular formula is C24H27N5O2. The average molecular weight is 418 g/mol. The van der Waals surface area contributed by atoms with Gasteiger partial charge in [0.1, 0.15) is 12.7 Å². The second kappa shape index (κ2) is 10.0. The number of hydrogen-bond acceptors (Lipinski definition) is 4. The molecule has 2 aromatic carbocycles. The van der Waals surface area contributed by atoms with Gasteiger partial charge in [0.2, 0.25) is 0 Å². The van der Waals surface area contributed by atoms with Crippen molar-refractivity contribution >= 4 is 11.8 Å². The molecule has 0 bridgehead atoms. The third-order valence-electron chi connectivity index (χ3n) is 5.73. The maximum Gasteiger partial charge on any atom is 0.254 e. The van der Waals surface area contributed by atoms with Crippen LogP contribution in [0.25, 0.3) is 0 Å². The number of likely N-dealkylation sites (tertiary alicyclic amines) is 1. The molecule has 0 spiro atoms. The summed E-state index contributed by atoms with van der Waals surface area (Å²) in [5.74, 6) is -0.0257. The van der Waals surface area contributed by atoms with Crippen LogP contribution in [-0.2, 0) is 6.54 Å². The summed E-state index contributed by atoms with van der Waals surface area (Å²) in [6.45, 7) is 1.80. The van der Waals surface area contributed by atoms with Crippen molar-refractivity contribution in [1.29, 1.82) is 0 Å². The molecule has 7 heteroatoms. The van der Waals surface area contributed by atoms with Crippen molar-refractivity contribution in [2.75, 3.05) is 13.1 Å². The van der Waals surface area contributed by atoms with E-state index < -0.39 is 0 Å². The maximum atomic E-state index is 13.5. The largest absolute Gasteiger partial charge is 0.352 e. The van der Waals surface area contributed by atoms with Gasteiger partial charge in [-0.25, -0.2) is 9.67 Å². The van der Waals surface area contributed by atoms with Crippen molar-refractivity contribution in [3.05, 3.63) is 83.9 Å². The maximum absolute atomic E-state index is 13.5. The Morgan fingerprint density at radius 1 is 1.03 bits per heavy atom. The minimum atomic E-state index is -0.0764. The van der Waals surface area contributed by atoms with Crippen LogP contribution in [0.4, 0.5) is 0 Å². The van der Waals surface area contributed by atoms with E-state index in [0.29, 0.717) is 24.2 Å². The first kappa shape index (κ1) is 20.8. The van der Waals surface area contributed by atoms with Crippen molar-refractivity contribution in [2.45, 2.75) is 38.3 Å². The Kier molecular flexibility index (Phi) is 6.72. The summed E-state index contributed by atoms with van der Waals surface area (Å²) < 4.78 is 1.72. The average Bonchev–Trinajstić information content (AvgIpc) is 3.33. The minimum Gasteiger partial charge on any atom is -0.352 e. The molecule has 0 aliphatic carbocycles. The third-order valence-corrected chi connectivity index (χ3v) is 5.73. The van der Waals surface area contributed by atoms with E-state index in [1.807, 2.05) is 47.4 Å². The van der Waals surface area contributed by atoms with Crippen LogP contribution in [0.1, 0.15) is 52.0 Å². The number of carbonyl (C=O) groups excluding carboxylic acids is 2. The van der Waals surface area contributed by atoms with Crippen LogP contribution in [0.5, 0.6) is 0 Å². The van der Waals surface area contributed by atoms with Gasteiger partial charge in [0, 0.05) is 30.3 Å². The molecule has 3 aromatic rings. The highest BCUT2D eigenvalue weighted by Gasteiger charge is 2.28. The molecular weight excluding hydrogens is 390 g/mol. The molecule has 2 heterocycles. The molecule has 2 amide bonds. The van der Waals surface area contributed by atoms with Crippen LogP contribution in [0.3, 0.4) is 0 Å². The second-order valence-corrected chi connectivity index (χ2v) is 7.81. The molecule has 1 fully saturated rings. The lowest BCUT2D eigenvalue weighted by Gasteiger charge is -2.36. The standard InChI is InChI=1S/C24H27N5O2/c30-23(19-8-2-1-3-9-19)26-14-13-21-11-6-7-15-29(21)24(31)22-12-5-4-10-20(22)16-28-18-25-17-27-28/h1-5,8-10,12,17-18,21H,6-7,11,13-16H2,(H,26,30)/t21-/m0/s1. The Hall–Kier alpha value is -3.48. The van der Waals surface area contributed by atoms with Gasteiger partial charge in [-0.1, -0.05) is 36.4 Å². The predicted octanol–water partition coefficient (Wildman–Crippen LogP) is 3.14. The second-order valence-electron chi connectivity index (χ2n) is 7.81. The Balaban J connectivity index is 1.41. The summed E-state index contributed by atoms with van der Waals surface area (Å²) in [5.41, 5.74) is 2.29. The lowest BCUT2D eigenvalue weighted by Crippen LogP contribution is -2.45. The van der Waals surface area contributed by atoms with E-state index in [2.05, 4.69) is 15.4 Å². The monoisotopic (exact) mass is 417 g/mol. The van der Waals surface area contributed by atoms with E-state index in [-0.39, 0.29) is 17.9 Å². The van der Waals surface area contributed by atoms with Crippen LogP contribution in [0.2, 0.25) is 0 Å². The molecule has 1 atom stereocenters. The zero-order valence-electron chi connectivity index (χ0n) is 17.5. The smallest absolute Gasteiger partial charge is 0.254 e. The molecule has 1 aliphatic heterocycles. The van der Waals surface area contributed by atoms with Gasteiger partial charge in [-0.15, -0.1) is 0 Å². The SMILES string of the molecule is O=C(NCC[C@@H]1CCCCN1C(=O)c1ccccc1Cn1cncn1)c1ccccc1. The molecule has 1 aliphatic rings. The summed E-state index contributed by atoms with van der Waals surface area (Å²) >= 11 is 0. The number of nitrogens with one attached hydrogen (secondary N) is 1. The fourth-order valence-electron chi connectivity index (χ4n) is 4.12. The first-order valence-electron chi connectivity index (χ1n) is 10.8. The van der Waals surface area contributed by atoms with Gasteiger partial charge < -0.3 is 10.2 Å². The van der Waals surface area contributed by atoms with E-state index in [4.69, 9.17) is 0 Å². The highest BCUT2D eigenvalue weighted by molar-refractivity contribution is 5.96. The van der Waals surface area contributed by atoms with Gasteiger partial charge in [0.15, 0.2) is 0 Å². The molecule has 31 heavy (non-hydrogen) atoms. The Morgan fingerprint density at radius 3 is 2.65 bits per heavy atom. The van der Waals surface area contributed by atoms with Gasteiger partial charge in [0.25, 0.3) is 11.8 Å². The zero-order chi connectivity index (χ0) is 21.5. The van der Waals surface area contributed by atoms with Crippen molar-refractivity contribution in [1.82, 2.24) is 25.0 Å². The number of amides is 2. The Bertz CT molecular complexity index is 1000. The fourth-order valence-corrected chi connectivity index (χ4v) is 4.12. The van der Waals surface area contributed by atoms with Crippen LogP contribution in [0, 0.1) is 0 Å². The number of benzene rings is 2. The molecule has 0 radical (unpaired) electrons. The molecule has 0 unspecified atom stereocenters. The van der Waals surface area contributed by atoms with Crippen LogP contribution >= 0.6 is 0 Å². The minimum absolute atomic E-state index is 0.0507. The van der Waals surface area contributed by atoms with Gasteiger partial charge >= 0.3 is 0 Å². The Morgan fingerprint density at radius 2 is 1.84 bits per heavy atom. The number of aromatic nitrogens is 3. The van der Waals surface area contributed by atoms with Crippen molar-refractivity contribution in [3.8, 4) is 0 Å². The lowest BCUT2D eigenvalue weighted by atomic mass is 9.97. The van der Waals surface area contributed by atoms with E-state index in [1.54, 1.807) is 23.1 Å². The molecule has 1 saturated heterocycles. The number of nitrogens with zero attached hydrogens (tertiary/aromatic N) is 4. The van der Waals surface area contributed by atoms with Crippen molar-refractivity contribution in [2.24, 2.45) is 0 Å². The summed E-state index contributed by atoms with van der Waals surface area (Å²) in [6, 6.07) is 17.0. The summed E-state index contributed by atoms with van der Waals surface area (Å²) in [4.78, 5) is 31.8. The van der Waals surface area contributed by atoms with Gasteiger partial charge in [-0.3, -0.25) is 9.59 Å². The van der Waals surface area contributed by atoms with E-state index in [0.717, 1.165) is 37.8 Å². The molecule has 1 aromatic heterocycles. The van der Waals surface area contributed by atoms with E-state index in [1.165, 1.54) is 6.33 Å². The molecule has 0 saturated carbocycles. The zero-order valence-corrected chi connectivity index (χ0v) is 17.5. The quantitative estimate of drug-likeness (QED) is 0.640.